The fourth-order valence-corrected chi connectivity index (χ4v) is 0. The van der Waals surface area contributed by atoms with Crippen molar-refractivity contribution in [1.29, 1.82) is 0 Å². The molecule has 0 unspecified atom stereocenters. The van der Waals surface area contributed by atoms with E-state index in [2.05, 4.69) is 0 Å². The number of rotatable bonds is 1. The first kappa shape index (κ1) is 10.1. The van der Waals surface area contributed by atoms with E-state index in [1.54, 1.807) is 0 Å². The minimum atomic E-state index is -0.560. The average Bonchev–Trinajstić information content (AvgIpc) is 1.38. The summed E-state index contributed by atoms with van der Waals surface area (Å²) in [7, 11) is 0. The standard InChI is InChI=1S/C3H8O2.Y/c1-3(5)2-4;/h3-5H,2H2,1H3;/t3-;/m1./s1. The number of hydrogen-bond donors (Lipinski definition) is 2. The first-order valence-electron chi connectivity index (χ1n) is 1.56. The van der Waals surface area contributed by atoms with Crippen molar-refractivity contribution in [2.45, 2.75) is 13.0 Å². The Morgan fingerprint density at radius 2 is 1.83 bits per heavy atom. The Balaban J connectivity index is 0. The van der Waals surface area contributed by atoms with Gasteiger partial charge in [-0.05, 0) is 6.92 Å². The summed E-state index contributed by atoms with van der Waals surface area (Å²) in [6.45, 7) is 1.39. The van der Waals surface area contributed by atoms with Gasteiger partial charge in [0.2, 0.25) is 0 Å². The molecule has 0 aromatic heterocycles. The molecule has 1 radical (unpaired) electrons. The molecule has 2 nitrogen and oxygen atoms in total. The molecule has 0 fully saturated rings. The monoisotopic (exact) mass is 165 g/mol. The second-order valence-corrected chi connectivity index (χ2v) is 1.03. The maximum atomic E-state index is 8.11. The van der Waals surface area contributed by atoms with Gasteiger partial charge in [-0.25, -0.2) is 0 Å². The van der Waals surface area contributed by atoms with Gasteiger partial charge in [0.05, 0.1) is 12.7 Å². The van der Waals surface area contributed by atoms with Gasteiger partial charge in [0.1, 0.15) is 0 Å². The van der Waals surface area contributed by atoms with Gasteiger partial charge in [0.15, 0.2) is 0 Å². The van der Waals surface area contributed by atoms with Crippen LogP contribution in [0.2, 0.25) is 0 Å². The number of hydrogen-bond acceptors (Lipinski definition) is 2. The van der Waals surface area contributed by atoms with Crippen molar-refractivity contribution in [2.24, 2.45) is 0 Å². The summed E-state index contributed by atoms with van der Waals surface area (Å²) in [5.41, 5.74) is 0. The molecule has 0 bridgehead atoms. The third-order valence-corrected chi connectivity index (χ3v) is 0.264. The maximum absolute atomic E-state index is 8.11. The van der Waals surface area contributed by atoms with Crippen molar-refractivity contribution in [3.63, 3.8) is 0 Å². The van der Waals surface area contributed by atoms with Crippen molar-refractivity contribution in [1.82, 2.24) is 0 Å². The molecule has 35 valence electrons. The van der Waals surface area contributed by atoms with Crippen LogP contribution in [0.3, 0.4) is 0 Å². The number of aliphatic hydroxyl groups is 2. The zero-order chi connectivity index (χ0) is 4.28. The molecule has 0 heterocycles. The molecule has 0 aliphatic rings. The van der Waals surface area contributed by atoms with E-state index >= 15 is 0 Å². The summed E-state index contributed by atoms with van der Waals surface area (Å²) in [4.78, 5) is 0. The van der Waals surface area contributed by atoms with E-state index in [1.165, 1.54) is 6.92 Å². The molecule has 6 heavy (non-hydrogen) atoms. The summed E-state index contributed by atoms with van der Waals surface area (Å²) in [5, 5.41) is 16.0. The minimum Gasteiger partial charge on any atom is -0.394 e. The summed E-state index contributed by atoms with van der Waals surface area (Å²) < 4.78 is 0. The van der Waals surface area contributed by atoms with Crippen LogP contribution in [0.25, 0.3) is 0 Å². The minimum absolute atomic E-state index is 0. The predicted molar refractivity (Wildman–Crippen MR) is 18.8 cm³/mol. The summed E-state index contributed by atoms with van der Waals surface area (Å²) >= 11 is 0. The third-order valence-electron chi connectivity index (χ3n) is 0.264. The van der Waals surface area contributed by atoms with E-state index in [9.17, 15) is 0 Å². The van der Waals surface area contributed by atoms with Gasteiger partial charge < -0.3 is 10.2 Å². The predicted octanol–water partition coefficient (Wildman–Crippen LogP) is -0.643. The van der Waals surface area contributed by atoms with Crippen molar-refractivity contribution in [3.8, 4) is 0 Å². The van der Waals surface area contributed by atoms with Gasteiger partial charge in [-0.15, -0.1) is 0 Å². The molecule has 0 amide bonds. The molecule has 0 spiro atoms. The summed E-state index contributed by atoms with van der Waals surface area (Å²) in [5.74, 6) is 0. The summed E-state index contributed by atoms with van der Waals surface area (Å²) in [6, 6.07) is 0. The maximum Gasteiger partial charge on any atom is 0.0742 e. The van der Waals surface area contributed by atoms with Crippen LogP contribution in [0.15, 0.2) is 0 Å². The van der Waals surface area contributed by atoms with E-state index in [-0.39, 0.29) is 39.3 Å². The molecule has 0 aliphatic heterocycles. The first-order valence-corrected chi connectivity index (χ1v) is 1.56. The molecule has 2 N–H and O–H groups in total. The first-order chi connectivity index (χ1) is 2.27. The van der Waals surface area contributed by atoms with Gasteiger partial charge >= 0.3 is 0 Å². The van der Waals surface area contributed by atoms with Crippen molar-refractivity contribution >= 4 is 0 Å². The molecule has 0 saturated heterocycles. The molecule has 0 rings (SSSR count). The van der Waals surface area contributed by atoms with Crippen LogP contribution in [-0.4, -0.2) is 22.9 Å². The van der Waals surface area contributed by atoms with E-state index in [0.29, 0.717) is 0 Å². The van der Waals surface area contributed by atoms with Gasteiger partial charge in [-0.2, -0.15) is 0 Å². The largest absolute Gasteiger partial charge is 0.394 e. The normalized spacial score (nSPS) is 12.5. The molecule has 3 heteroatoms. The molecule has 0 aromatic carbocycles. The van der Waals surface area contributed by atoms with Crippen molar-refractivity contribution in [3.05, 3.63) is 0 Å². The smallest absolute Gasteiger partial charge is 0.0742 e. The molecule has 0 saturated carbocycles. The van der Waals surface area contributed by atoms with Crippen LogP contribution in [0.4, 0.5) is 0 Å². The van der Waals surface area contributed by atoms with Gasteiger partial charge in [0.25, 0.3) is 0 Å². The zero-order valence-electron chi connectivity index (χ0n) is 3.76. The van der Waals surface area contributed by atoms with Crippen molar-refractivity contribution in [2.75, 3.05) is 6.61 Å². The molecular formula is C3H8O2Y. The SMILES string of the molecule is C[C@@H](O)CO.[Y]. The third kappa shape index (κ3) is 8.90. The Morgan fingerprint density at radius 1 is 1.67 bits per heavy atom. The fourth-order valence-electron chi connectivity index (χ4n) is 0. The quantitative estimate of drug-likeness (QED) is 0.542. The van der Waals surface area contributed by atoms with Crippen LogP contribution < -0.4 is 0 Å². The van der Waals surface area contributed by atoms with Gasteiger partial charge in [-0.3, -0.25) is 0 Å². The molecular weight excluding hydrogens is 157 g/mol. The van der Waals surface area contributed by atoms with E-state index < -0.39 is 6.10 Å². The van der Waals surface area contributed by atoms with Gasteiger partial charge in [-0.1, -0.05) is 0 Å². The van der Waals surface area contributed by atoms with E-state index in [0.717, 1.165) is 0 Å². The fraction of sp³-hybridized carbons (Fsp3) is 1.00. The Bertz CT molecular complexity index is 22.8. The average molecular weight is 165 g/mol. The Hall–Kier alpha value is 1.02. The van der Waals surface area contributed by atoms with Crippen LogP contribution in [-0.2, 0) is 32.7 Å². The van der Waals surface area contributed by atoms with Crippen LogP contribution in [0, 0.1) is 0 Å². The Labute approximate surface area is 62.4 Å². The van der Waals surface area contributed by atoms with E-state index in [4.69, 9.17) is 10.2 Å². The molecule has 0 aliphatic carbocycles. The van der Waals surface area contributed by atoms with Crippen LogP contribution in [0.5, 0.6) is 0 Å². The van der Waals surface area contributed by atoms with Gasteiger partial charge in [0, 0.05) is 32.7 Å². The van der Waals surface area contributed by atoms with E-state index in [1.807, 2.05) is 0 Å². The Kier molecular flexibility index (Phi) is 10.1. The molecule has 1 atom stereocenters. The second kappa shape index (κ2) is 6.02. The van der Waals surface area contributed by atoms with Crippen LogP contribution in [0.1, 0.15) is 6.92 Å². The molecule has 0 aromatic rings. The second-order valence-electron chi connectivity index (χ2n) is 1.03. The number of aliphatic hydroxyl groups excluding tert-OH is 2. The Morgan fingerprint density at radius 3 is 1.83 bits per heavy atom. The van der Waals surface area contributed by atoms with Crippen molar-refractivity contribution < 1.29 is 42.9 Å². The zero-order valence-corrected chi connectivity index (χ0v) is 6.59. The summed E-state index contributed by atoms with van der Waals surface area (Å²) in [6.07, 6.45) is -0.560. The van der Waals surface area contributed by atoms with Crippen LogP contribution >= 0.6 is 0 Å². The topological polar surface area (TPSA) is 40.5 Å².